The van der Waals surface area contributed by atoms with Gasteiger partial charge in [-0.3, -0.25) is 0 Å². The standard InChI is InChI=1S/C6H4ClF3N2/c7-4-2(5(8)9)1-3(11)6(10)12-4/h1,5H,11H2. The fourth-order valence-corrected chi connectivity index (χ4v) is 0.866. The van der Waals surface area contributed by atoms with Crippen molar-refractivity contribution in [2.45, 2.75) is 6.43 Å². The molecular formula is C6H4ClF3N2. The van der Waals surface area contributed by atoms with Gasteiger partial charge < -0.3 is 5.73 Å². The van der Waals surface area contributed by atoms with Crippen molar-refractivity contribution in [3.05, 3.63) is 22.7 Å². The van der Waals surface area contributed by atoms with Gasteiger partial charge in [-0.25, -0.2) is 13.8 Å². The first kappa shape index (κ1) is 9.12. The van der Waals surface area contributed by atoms with E-state index in [-0.39, 0.29) is 0 Å². The van der Waals surface area contributed by atoms with Gasteiger partial charge in [0.05, 0.1) is 11.3 Å². The van der Waals surface area contributed by atoms with Crippen molar-refractivity contribution in [1.29, 1.82) is 0 Å². The molecule has 0 radical (unpaired) electrons. The number of aromatic nitrogens is 1. The Kier molecular flexibility index (Phi) is 2.42. The average Bonchev–Trinajstić information content (AvgIpc) is 1.96. The Morgan fingerprint density at radius 3 is 2.58 bits per heavy atom. The Morgan fingerprint density at radius 2 is 2.08 bits per heavy atom. The van der Waals surface area contributed by atoms with E-state index in [9.17, 15) is 13.2 Å². The molecule has 0 fully saturated rings. The number of hydrogen-bond acceptors (Lipinski definition) is 2. The van der Waals surface area contributed by atoms with Crippen molar-refractivity contribution in [3.63, 3.8) is 0 Å². The molecule has 0 aliphatic rings. The van der Waals surface area contributed by atoms with Gasteiger partial charge >= 0.3 is 0 Å². The van der Waals surface area contributed by atoms with Crippen molar-refractivity contribution >= 4 is 17.3 Å². The minimum absolute atomic E-state index is 0.435. The van der Waals surface area contributed by atoms with Gasteiger partial charge in [-0.15, -0.1) is 0 Å². The van der Waals surface area contributed by atoms with Crippen molar-refractivity contribution in [3.8, 4) is 0 Å². The molecule has 66 valence electrons. The van der Waals surface area contributed by atoms with E-state index in [2.05, 4.69) is 4.98 Å². The van der Waals surface area contributed by atoms with Gasteiger partial charge in [0, 0.05) is 0 Å². The van der Waals surface area contributed by atoms with Crippen LogP contribution in [0.15, 0.2) is 6.07 Å². The number of anilines is 1. The van der Waals surface area contributed by atoms with Crippen LogP contribution >= 0.6 is 11.6 Å². The Bertz CT molecular complexity index is 303. The molecule has 0 amide bonds. The summed E-state index contributed by atoms with van der Waals surface area (Å²) in [5.74, 6) is -1.04. The predicted molar refractivity (Wildman–Crippen MR) is 38.6 cm³/mol. The van der Waals surface area contributed by atoms with E-state index in [0.29, 0.717) is 0 Å². The number of nitrogen functional groups attached to an aromatic ring is 1. The first-order valence-corrected chi connectivity index (χ1v) is 3.29. The van der Waals surface area contributed by atoms with E-state index in [1.807, 2.05) is 0 Å². The van der Waals surface area contributed by atoms with Crippen molar-refractivity contribution < 1.29 is 13.2 Å². The van der Waals surface area contributed by atoms with Gasteiger partial charge in [-0.1, -0.05) is 11.6 Å². The molecule has 0 aliphatic heterocycles. The zero-order chi connectivity index (χ0) is 9.30. The van der Waals surface area contributed by atoms with Crippen LogP contribution in [0.25, 0.3) is 0 Å². The topological polar surface area (TPSA) is 38.9 Å². The molecule has 0 spiro atoms. The number of halogens is 4. The SMILES string of the molecule is Nc1cc(C(F)F)c(Cl)nc1F. The Hall–Kier alpha value is -0.970. The third-order valence-electron chi connectivity index (χ3n) is 1.22. The lowest BCUT2D eigenvalue weighted by atomic mass is 10.3. The van der Waals surface area contributed by atoms with Crippen molar-refractivity contribution in [2.75, 3.05) is 5.73 Å². The summed E-state index contributed by atoms with van der Waals surface area (Å²) in [5.41, 5.74) is 4.00. The fourth-order valence-electron chi connectivity index (χ4n) is 0.655. The number of alkyl halides is 2. The third-order valence-corrected chi connectivity index (χ3v) is 1.52. The largest absolute Gasteiger partial charge is 0.395 e. The molecule has 2 nitrogen and oxygen atoms in total. The van der Waals surface area contributed by atoms with E-state index < -0.39 is 28.8 Å². The van der Waals surface area contributed by atoms with Gasteiger partial charge in [0.15, 0.2) is 0 Å². The normalized spacial score (nSPS) is 10.8. The quantitative estimate of drug-likeness (QED) is 0.701. The smallest absolute Gasteiger partial charge is 0.266 e. The maximum absolute atomic E-state index is 12.5. The van der Waals surface area contributed by atoms with Crippen LogP contribution in [0.5, 0.6) is 0 Å². The molecule has 0 atom stereocenters. The molecule has 0 bridgehead atoms. The summed E-state index contributed by atoms with van der Waals surface area (Å²) in [7, 11) is 0. The van der Waals surface area contributed by atoms with E-state index >= 15 is 0 Å². The molecule has 0 saturated carbocycles. The van der Waals surface area contributed by atoms with E-state index in [1.165, 1.54) is 0 Å². The zero-order valence-electron chi connectivity index (χ0n) is 5.69. The molecular weight excluding hydrogens is 193 g/mol. The third kappa shape index (κ3) is 1.61. The van der Waals surface area contributed by atoms with Crippen LogP contribution in [0.2, 0.25) is 5.15 Å². The number of pyridine rings is 1. The molecule has 1 heterocycles. The summed E-state index contributed by atoms with van der Waals surface area (Å²) in [6, 6.07) is 0.773. The molecule has 1 rings (SSSR count). The maximum Gasteiger partial charge on any atom is 0.266 e. The second kappa shape index (κ2) is 3.18. The molecule has 6 heteroatoms. The van der Waals surface area contributed by atoms with Crippen LogP contribution in [-0.4, -0.2) is 4.98 Å². The Labute approximate surface area is 71.2 Å². The summed E-state index contributed by atoms with van der Waals surface area (Å²) in [4.78, 5) is 2.99. The fraction of sp³-hybridized carbons (Fsp3) is 0.167. The molecule has 0 aliphatic carbocycles. The number of rotatable bonds is 1. The second-order valence-corrected chi connectivity index (χ2v) is 2.41. The van der Waals surface area contributed by atoms with E-state index in [1.54, 1.807) is 0 Å². The van der Waals surface area contributed by atoms with Crippen LogP contribution < -0.4 is 5.73 Å². The van der Waals surface area contributed by atoms with Gasteiger partial charge in [0.25, 0.3) is 6.43 Å². The van der Waals surface area contributed by atoms with Crippen LogP contribution in [-0.2, 0) is 0 Å². The lowest BCUT2D eigenvalue weighted by molar-refractivity contribution is 0.151. The molecule has 2 N–H and O–H groups in total. The van der Waals surface area contributed by atoms with E-state index in [4.69, 9.17) is 17.3 Å². The van der Waals surface area contributed by atoms with Crippen LogP contribution in [0.3, 0.4) is 0 Å². The Balaban J connectivity index is 3.23. The molecule has 0 aromatic carbocycles. The van der Waals surface area contributed by atoms with Crippen molar-refractivity contribution in [2.24, 2.45) is 0 Å². The molecule has 12 heavy (non-hydrogen) atoms. The average molecular weight is 197 g/mol. The highest BCUT2D eigenvalue weighted by Gasteiger charge is 2.15. The maximum atomic E-state index is 12.5. The highest BCUT2D eigenvalue weighted by molar-refractivity contribution is 6.30. The molecule has 1 aromatic rings. The van der Waals surface area contributed by atoms with Crippen LogP contribution in [0.4, 0.5) is 18.9 Å². The van der Waals surface area contributed by atoms with Gasteiger partial charge in [0.1, 0.15) is 5.15 Å². The summed E-state index contributed by atoms with van der Waals surface area (Å²) >= 11 is 5.21. The summed E-state index contributed by atoms with van der Waals surface area (Å²) in [5, 5.41) is -0.559. The van der Waals surface area contributed by atoms with E-state index in [0.717, 1.165) is 6.07 Å². The van der Waals surface area contributed by atoms with Crippen LogP contribution in [0, 0.1) is 5.95 Å². The highest BCUT2D eigenvalue weighted by atomic mass is 35.5. The minimum atomic E-state index is -2.80. The summed E-state index contributed by atoms with van der Waals surface area (Å²) in [6.45, 7) is 0. The van der Waals surface area contributed by atoms with Crippen molar-refractivity contribution in [1.82, 2.24) is 4.98 Å². The molecule has 0 saturated heterocycles. The predicted octanol–water partition coefficient (Wildman–Crippen LogP) is 2.39. The summed E-state index contributed by atoms with van der Waals surface area (Å²) in [6.07, 6.45) is -2.80. The lowest BCUT2D eigenvalue weighted by Crippen LogP contribution is -1.98. The zero-order valence-corrected chi connectivity index (χ0v) is 6.45. The first-order chi connectivity index (χ1) is 5.52. The van der Waals surface area contributed by atoms with Gasteiger partial charge in [-0.05, 0) is 6.07 Å². The Morgan fingerprint density at radius 1 is 1.50 bits per heavy atom. The number of hydrogen-bond donors (Lipinski definition) is 1. The lowest BCUT2D eigenvalue weighted by Gasteiger charge is -2.03. The minimum Gasteiger partial charge on any atom is -0.395 e. The van der Waals surface area contributed by atoms with Gasteiger partial charge in [-0.2, -0.15) is 4.39 Å². The van der Waals surface area contributed by atoms with Crippen LogP contribution in [0.1, 0.15) is 12.0 Å². The first-order valence-electron chi connectivity index (χ1n) is 2.92. The number of nitrogens with zero attached hydrogens (tertiary/aromatic N) is 1. The van der Waals surface area contributed by atoms with Gasteiger partial charge in [0.2, 0.25) is 5.95 Å². The summed E-state index contributed by atoms with van der Waals surface area (Å²) < 4.78 is 36.5. The monoisotopic (exact) mass is 196 g/mol. The number of nitrogens with two attached hydrogens (primary N) is 1. The molecule has 1 aromatic heterocycles. The second-order valence-electron chi connectivity index (χ2n) is 2.05. The molecule has 0 unspecified atom stereocenters. The highest BCUT2D eigenvalue weighted by Crippen LogP contribution is 2.27.